The zero-order valence-electron chi connectivity index (χ0n) is 12.4. The fraction of sp³-hybridized carbons (Fsp3) is 0.143. The second-order valence-electron chi connectivity index (χ2n) is 5.89. The van der Waals surface area contributed by atoms with Crippen LogP contribution in [0.5, 0.6) is 0 Å². The van der Waals surface area contributed by atoms with Crippen LogP contribution in [-0.2, 0) is 0 Å². The molecule has 1 N–H and O–H groups in total. The van der Waals surface area contributed by atoms with Crippen molar-refractivity contribution in [3.8, 4) is 11.1 Å². The lowest BCUT2D eigenvalue weighted by Crippen LogP contribution is -2.33. The van der Waals surface area contributed by atoms with Gasteiger partial charge in [0.05, 0.1) is 6.04 Å². The minimum atomic E-state index is 0.345. The van der Waals surface area contributed by atoms with Gasteiger partial charge in [0.2, 0.25) is 0 Å². The highest BCUT2D eigenvalue weighted by Gasteiger charge is 2.24. The molecule has 0 fully saturated rings. The Morgan fingerprint density at radius 3 is 2.45 bits per heavy atom. The van der Waals surface area contributed by atoms with Crippen LogP contribution in [0.15, 0.2) is 90.7 Å². The first-order valence-electron chi connectivity index (χ1n) is 7.87. The summed E-state index contributed by atoms with van der Waals surface area (Å²) in [5.74, 6) is 0.526. The van der Waals surface area contributed by atoms with Gasteiger partial charge in [0.15, 0.2) is 0 Å². The van der Waals surface area contributed by atoms with Crippen molar-refractivity contribution in [2.75, 3.05) is 0 Å². The molecule has 0 amide bonds. The van der Waals surface area contributed by atoms with Crippen molar-refractivity contribution in [3.05, 3.63) is 96.2 Å². The van der Waals surface area contributed by atoms with Crippen LogP contribution >= 0.6 is 0 Å². The molecule has 0 aromatic heterocycles. The SMILES string of the molecule is C1=CCC(C2=CC(c3cccc(-c4ccccc4)c3)N2)C=C1. The molecular formula is C21H19N. The van der Waals surface area contributed by atoms with E-state index in [-0.39, 0.29) is 0 Å². The molecule has 1 heterocycles. The Morgan fingerprint density at radius 2 is 1.68 bits per heavy atom. The van der Waals surface area contributed by atoms with E-state index in [1.54, 1.807) is 0 Å². The minimum Gasteiger partial charge on any atom is -0.378 e. The highest BCUT2D eigenvalue weighted by molar-refractivity contribution is 5.64. The molecule has 22 heavy (non-hydrogen) atoms. The van der Waals surface area contributed by atoms with E-state index in [1.165, 1.54) is 22.4 Å². The quantitative estimate of drug-likeness (QED) is 0.835. The second kappa shape index (κ2) is 5.69. The van der Waals surface area contributed by atoms with Crippen LogP contribution in [0.2, 0.25) is 0 Å². The van der Waals surface area contributed by atoms with Crippen molar-refractivity contribution in [2.24, 2.45) is 5.92 Å². The molecule has 0 radical (unpaired) electrons. The second-order valence-corrected chi connectivity index (χ2v) is 5.89. The van der Waals surface area contributed by atoms with Gasteiger partial charge in [-0.2, -0.15) is 0 Å². The summed E-state index contributed by atoms with van der Waals surface area (Å²) in [5, 5.41) is 3.62. The summed E-state index contributed by atoms with van der Waals surface area (Å²) < 4.78 is 0. The van der Waals surface area contributed by atoms with Gasteiger partial charge in [-0.15, -0.1) is 0 Å². The van der Waals surface area contributed by atoms with Crippen molar-refractivity contribution in [1.29, 1.82) is 0 Å². The number of rotatable bonds is 3. The summed E-state index contributed by atoms with van der Waals surface area (Å²) in [6.45, 7) is 0. The molecule has 1 aliphatic heterocycles. The summed E-state index contributed by atoms with van der Waals surface area (Å²) in [4.78, 5) is 0. The van der Waals surface area contributed by atoms with Gasteiger partial charge in [0, 0.05) is 11.6 Å². The fourth-order valence-electron chi connectivity index (χ4n) is 3.12. The number of nitrogens with one attached hydrogen (secondary N) is 1. The predicted octanol–water partition coefficient (Wildman–Crippen LogP) is 5.01. The molecule has 4 rings (SSSR count). The number of hydrogen-bond donors (Lipinski definition) is 1. The summed E-state index contributed by atoms with van der Waals surface area (Å²) >= 11 is 0. The highest BCUT2D eigenvalue weighted by Crippen LogP contribution is 2.33. The molecule has 0 saturated carbocycles. The van der Waals surface area contributed by atoms with Gasteiger partial charge < -0.3 is 5.32 Å². The van der Waals surface area contributed by atoms with Crippen LogP contribution in [0.3, 0.4) is 0 Å². The first kappa shape index (κ1) is 13.1. The zero-order chi connectivity index (χ0) is 14.8. The monoisotopic (exact) mass is 285 g/mol. The Morgan fingerprint density at radius 1 is 0.864 bits per heavy atom. The third kappa shape index (κ3) is 2.50. The van der Waals surface area contributed by atoms with Crippen molar-refractivity contribution >= 4 is 0 Å². The van der Waals surface area contributed by atoms with Crippen molar-refractivity contribution in [3.63, 3.8) is 0 Å². The lowest BCUT2D eigenvalue weighted by molar-refractivity contribution is 0.545. The van der Waals surface area contributed by atoms with Gasteiger partial charge in [-0.25, -0.2) is 0 Å². The molecule has 2 unspecified atom stereocenters. The number of benzene rings is 2. The molecule has 1 heteroatoms. The van der Waals surface area contributed by atoms with E-state index >= 15 is 0 Å². The first-order valence-corrected chi connectivity index (χ1v) is 7.87. The van der Waals surface area contributed by atoms with Crippen LogP contribution in [-0.4, -0.2) is 0 Å². The maximum Gasteiger partial charge on any atom is 0.0715 e. The Labute approximate surface area is 131 Å². The summed E-state index contributed by atoms with van der Waals surface area (Å²) in [6, 6.07) is 19.7. The molecule has 2 aromatic rings. The Hall–Kier alpha value is -2.54. The number of hydrogen-bond acceptors (Lipinski definition) is 1. The van der Waals surface area contributed by atoms with Gasteiger partial charge in [0.1, 0.15) is 0 Å². The zero-order valence-corrected chi connectivity index (χ0v) is 12.4. The van der Waals surface area contributed by atoms with E-state index in [9.17, 15) is 0 Å². The van der Waals surface area contributed by atoms with Crippen LogP contribution in [0.1, 0.15) is 18.0 Å². The van der Waals surface area contributed by atoms with Crippen LogP contribution in [0.25, 0.3) is 11.1 Å². The van der Waals surface area contributed by atoms with Crippen molar-refractivity contribution in [1.82, 2.24) is 5.32 Å². The molecular weight excluding hydrogens is 266 g/mol. The maximum atomic E-state index is 3.62. The summed E-state index contributed by atoms with van der Waals surface area (Å²) in [7, 11) is 0. The third-order valence-corrected chi connectivity index (χ3v) is 4.40. The smallest absolute Gasteiger partial charge is 0.0715 e. The molecule has 1 nitrogen and oxygen atoms in total. The molecule has 0 spiro atoms. The van der Waals surface area contributed by atoms with Gasteiger partial charge in [-0.3, -0.25) is 0 Å². The molecule has 2 atom stereocenters. The normalized spacial score (nSPS) is 22.6. The van der Waals surface area contributed by atoms with E-state index in [1.807, 2.05) is 0 Å². The van der Waals surface area contributed by atoms with E-state index in [0.29, 0.717) is 12.0 Å². The van der Waals surface area contributed by atoms with Crippen molar-refractivity contribution in [2.45, 2.75) is 12.5 Å². The van der Waals surface area contributed by atoms with Gasteiger partial charge in [-0.1, -0.05) is 72.8 Å². The highest BCUT2D eigenvalue weighted by atomic mass is 15.0. The Bertz CT molecular complexity index is 752. The Balaban J connectivity index is 1.54. The average Bonchev–Trinajstić information content (AvgIpc) is 2.56. The fourth-order valence-corrected chi connectivity index (χ4v) is 3.12. The maximum absolute atomic E-state index is 3.62. The number of allylic oxidation sites excluding steroid dienone is 4. The van der Waals surface area contributed by atoms with Crippen LogP contribution in [0, 0.1) is 5.92 Å². The van der Waals surface area contributed by atoms with E-state index in [2.05, 4.69) is 90.3 Å². The van der Waals surface area contributed by atoms with Gasteiger partial charge >= 0.3 is 0 Å². The standard InChI is InChI=1S/C21H19N/c1-3-8-16(9-4-1)18-12-7-13-19(14-18)21-15-20(22-21)17-10-5-2-6-11-17/h1-10,12-15,17,21-22H,11H2. The Kier molecular flexibility index (Phi) is 3.40. The van der Waals surface area contributed by atoms with Crippen LogP contribution < -0.4 is 5.32 Å². The lowest BCUT2D eigenvalue weighted by atomic mass is 9.88. The summed E-state index contributed by atoms with van der Waals surface area (Å²) in [6.07, 6.45) is 12.2. The van der Waals surface area contributed by atoms with Gasteiger partial charge in [0.25, 0.3) is 0 Å². The molecule has 2 aliphatic rings. The first-order chi connectivity index (χ1) is 10.9. The minimum absolute atomic E-state index is 0.345. The van der Waals surface area contributed by atoms with E-state index < -0.39 is 0 Å². The molecule has 2 aromatic carbocycles. The van der Waals surface area contributed by atoms with E-state index in [0.717, 1.165) is 6.42 Å². The molecule has 0 saturated heterocycles. The van der Waals surface area contributed by atoms with Gasteiger partial charge in [-0.05, 0) is 35.3 Å². The van der Waals surface area contributed by atoms with E-state index in [4.69, 9.17) is 0 Å². The lowest BCUT2D eigenvalue weighted by Gasteiger charge is -2.33. The molecule has 1 aliphatic carbocycles. The average molecular weight is 285 g/mol. The molecule has 0 bridgehead atoms. The largest absolute Gasteiger partial charge is 0.378 e. The third-order valence-electron chi connectivity index (χ3n) is 4.40. The van der Waals surface area contributed by atoms with Crippen LogP contribution in [0.4, 0.5) is 0 Å². The topological polar surface area (TPSA) is 12.0 Å². The molecule has 108 valence electrons. The van der Waals surface area contributed by atoms with Crippen molar-refractivity contribution < 1.29 is 0 Å². The predicted molar refractivity (Wildman–Crippen MR) is 92.2 cm³/mol. The summed E-state index contributed by atoms with van der Waals surface area (Å²) in [5.41, 5.74) is 5.24.